The largest absolute Gasteiger partial charge is 6.00 e. The second-order valence-corrected chi connectivity index (χ2v) is 7.25. The molecule has 0 aliphatic carbocycles. The average Bonchev–Trinajstić information content (AvgIpc) is 2.64. The van der Waals surface area contributed by atoms with Crippen molar-refractivity contribution >= 4 is 53.7 Å². The van der Waals surface area contributed by atoms with Gasteiger partial charge in [0.05, 0.1) is 17.9 Å². The van der Waals surface area contributed by atoms with E-state index in [-0.39, 0.29) is 175 Å². The van der Waals surface area contributed by atoms with Crippen molar-refractivity contribution in [1.82, 2.24) is 0 Å². The van der Waals surface area contributed by atoms with Crippen molar-refractivity contribution in [1.29, 1.82) is 0 Å². The molecule has 0 amide bonds. The third kappa shape index (κ3) is 29.8. The standard InChI is InChI=1S/3C6H8O7.3K.W/c3*7-3(8)1-6(13,5(11)12)2-4(9)10;;;;/h3*13H,1-2H2,(H,7,8)(H,9,10)(H,11,12);;;;/q;;;3*+1;+6/p-9. The van der Waals surface area contributed by atoms with Crippen LogP contribution in [0, 0.1) is 0 Å². The Labute approximate surface area is 381 Å². The van der Waals surface area contributed by atoms with Gasteiger partial charge in [0, 0.05) is 74.3 Å². The number of rotatable bonds is 15. The van der Waals surface area contributed by atoms with E-state index < -0.39 is 109 Å². The van der Waals surface area contributed by atoms with Gasteiger partial charge in [0.25, 0.3) is 0 Å². The topological polar surface area (TPSA) is 422 Å². The van der Waals surface area contributed by atoms with Gasteiger partial charge >= 0.3 is 175 Å². The van der Waals surface area contributed by atoms with Gasteiger partial charge in [-0.3, -0.25) is 0 Å². The van der Waals surface area contributed by atoms with Gasteiger partial charge in [-0.05, 0) is 0 Å². The number of carbonyl (C=O) groups is 9. The summed E-state index contributed by atoms with van der Waals surface area (Å²) in [6, 6.07) is 0. The van der Waals surface area contributed by atoms with E-state index in [1.54, 1.807) is 0 Å². The molecule has 0 unspecified atom stereocenters. The molecule has 43 heavy (non-hydrogen) atoms. The summed E-state index contributed by atoms with van der Waals surface area (Å²) in [6.45, 7) is 0. The first-order valence-electron chi connectivity index (χ1n) is 9.34. The summed E-state index contributed by atoms with van der Waals surface area (Å²) in [6.07, 6.45) is -8.15. The molecule has 25 heteroatoms. The van der Waals surface area contributed by atoms with Crippen molar-refractivity contribution in [3.05, 3.63) is 0 Å². The summed E-state index contributed by atoms with van der Waals surface area (Å²) in [5.41, 5.74) is -8.92. The van der Waals surface area contributed by atoms with Crippen molar-refractivity contribution in [3.63, 3.8) is 0 Å². The Kier molecular flexibility index (Phi) is 38.2. The van der Waals surface area contributed by atoms with Gasteiger partial charge in [0.15, 0.2) is 0 Å². The molecular weight excluding hydrogens is 853 g/mol. The van der Waals surface area contributed by atoms with E-state index in [2.05, 4.69) is 0 Å². The van der Waals surface area contributed by atoms with E-state index in [0.29, 0.717) is 0 Å². The molecule has 0 rings (SSSR count). The minimum Gasteiger partial charge on any atom is -0.550 e. The monoisotopic (exact) mass is 868 g/mol. The molecular formula is C18H15K3O21W. The van der Waals surface area contributed by atoms with Crippen molar-refractivity contribution in [3.8, 4) is 0 Å². The van der Waals surface area contributed by atoms with Crippen molar-refractivity contribution in [2.24, 2.45) is 0 Å². The molecule has 0 bridgehead atoms. The van der Waals surface area contributed by atoms with E-state index in [1.165, 1.54) is 0 Å². The van der Waals surface area contributed by atoms with E-state index >= 15 is 0 Å². The van der Waals surface area contributed by atoms with Crippen molar-refractivity contribution in [2.45, 2.75) is 55.3 Å². The maximum absolute atomic E-state index is 10.1. The van der Waals surface area contributed by atoms with Crippen LogP contribution in [0.3, 0.4) is 0 Å². The Morgan fingerprint density at radius 2 is 0.442 bits per heavy atom. The molecule has 0 aliphatic heterocycles. The smallest absolute Gasteiger partial charge is 0.550 e. The van der Waals surface area contributed by atoms with Crippen LogP contribution in [0.25, 0.3) is 0 Å². The molecule has 222 valence electrons. The number of aliphatic hydroxyl groups is 3. The fourth-order valence-electron chi connectivity index (χ4n) is 2.05. The van der Waals surface area contributed by atoms with Crippen molar-refractivity contribution in [2.75, 3.05) is 0 Å². The number of carboxylic acid groups (broad SMARTS) is 9. The van der Waals surface area contributed by atoms with E-state index in [1.807, 2.05) is 0 Å². The van der Waals surface area contributed by atoms with E-state index in [4.69, 9.17) is 15.3 Å². The molecule has 3 N–H and O–H groups in total. The Bertz CT molecular complexity index is 828. The molecule has 0 saturated carbocycles. The zero-order valence-corrected chi connectivity index (χ0v) is 34.6. The normalized spacial score (nSPS) is 9.84. The zero-order valence-electron chi connectivity index (χ0n) is 22.3. The first-order valence-corrected chi connectivity index (χ1v) is 9.34. The second-order valence-electron chi connectivity index (χ2n) is 7.25. The fourth-order valence-corrected chi connectivity index (χ4v) is 2.05. The molecule has 0 radical (unpaired) electrons. The van der Waals surface area contributed by atoms with Gasteiger partial charge in [0.1, 0.15) is 16.8 Å². The van der Waals surface area contributed by atoms with Crippen LogP contribution in [-0.2, 0) is 64.2 Å². The summed E-state index contributed by atoms with van der Waals surface area (Å²) >= 11 is 0. The average molecular weight is 868 g/mol. The number of carbonyl (C=O) groups excluding carboxylic acids is 9. The molecule has 0 spiro atoms. The van der Waals surface area contributed by atoms with E-state index in [0.717, 1.165) is 0 Å². The Morgan fingerprint density at radius 1 is 0.349 bits per heavy atom. The predicted octanol–water partition coefficient (Wildman–Crippen LogP) is -24.7. The van der Waals surface area contributed by atoms with Crippen LogP contribution >= 0.6 is 0 Å². The van der Waals surface area contributed by atoms with Crippen molar-refractivity contribution < 1.29 is 280 Å². The molecule has 0 fully saturated rings. The van der Waals surface area contributed by atoms with Gasteiger partial charge < -0.3 is 104 Å². The zero-order chi connectivity index (χ0) is 31.9. The summed E-state index contributed by atoms with van der Waals surface area (Å²) < 4.78 is 0. The van der Waals surface area contributed by atoms with Crippen LogP contribution in [0.15, 0.2) is 0 Å². The van der Waals surface area contributed by atoms with Crippen LogP contribution in [0.5, 0.6) is 0 Å². The van der Waals surface area contributed by atoms with Gasteiger partial charge in [0.2, 0.25) is 0 Å². The maximum Gasteiger partial charge on any atom is 6.00 e. The van der Waals surface area contributed by atoms with Gasteiger partial charge in [-0.25, -0.2) is 0 Å². The molecule has 0 heterocycles. The summed E-state index contributed by atoms with van der Waals surface area (Å²) in [5.74, 6) is -18.0. The predicted molar refractivity (Wildman–Crippen MR) is 87.6 cm³/mol. The molecule has 0 atom stereocenters. The molecule has 21 nitrogen and oxygen atoms in total. The third-order valence-electron chi connectivity index (χ3n) is 3.76. The number of hydrogen-bond acceptors (Lipinski definition) is 21. The van der Waals surface area contributed by atoms with Gasteiger partial charge in [-0.1, -0.05) is 0 Å². The second kappa shape index (κ2) is 27.8. The van der Waals surface area contributed by atoms with E-state index in [9.17, 15) is 89.1 Å². The summed E-state index contributed by atoms with van der Waals surface area (Å²) in [4.78, 5) is 90.0. The van der Waals surface area contributed by atoms with Crippen LogP contribution in [0.4, 0.5) is 0 Å². The number of carboxylic acids is 9. The summed E-state index contributed by atoms with van der Waals surface area (Å²) in [5, 5.41) is 117. The third-order valence-corrected chi connectivity index (χ3v) is 3.76. The number of aliphatic carboxylic acids is 9. The molecule has 0 aromatic carbocycles. The number of hydrogen-bond donors (Lipinski definition) is 3. The minimum atomic E-state index is -2.97. The Hall–Kier alpha value is 0.707. The van der Waals surface area contributed by atoms with Gasteiger partial charge in [-0.2, -0.15) is 0 Å². The molecule has 0 aromatic rings. The Balaban J connectivity index is -0.0000000864. The summed E-state index contributed by atoms with van der Waals surface area (Å²) in [7, 11) is 0. The first kappa shape index (κ1) is 59.2. The van der Waals surface area contributed by atoms with Crippen LogP contribution in [0.1, 0.15) is 38.5 Å². The van der Waals surface area contributed by atoms with Crippen LogP contribution in [-0.4, -0.2) is 85.8 Å². The minimum absolute atomic E-state index is 0. The maximum atomic E-state index is 10.1. The molecule has 0 aromatic heterocycles. The quantitative estimate of drug-likeness (QED) is 0.129. The fraction of sp³-hybridized carbons (Fsp3) is 0.500. The molecule has 0 aliphatic rings. The molecule has 0 saturated heterocycles. The SMILES string of the molecule is O=C([O-])CC(O)(CC(=O)[O-])C(=O)[O-].O=C([O-])CC(O)(CC(=O)[O-])C(=O)[O-].O=C([O-])CC(O)(CC(=O)[O-])C(=O)[O-].[K+].[K+].[K+].[W+6]. The first-order chi connectivity index (χ1) is 17.3. The van der Waals surface area contributed by atoms with Crippen LogP contribution < -0.4 is 200 Å². The van der Waals surface area contributed by atoms with Crippen LogP contribution in [0.2, 0.25) is 0 Å². The Morgan fingerprint density at radius 3 is 0.488 bits per heavy atom. The van der Waals surface area contributed by atoms with Gasteiger partial charge in [-0.15, -0.1) is 0 Å².